The van der Waals surface area contributed by atoms with Crippen LogP contribution in [0.5, 0.6) is 0 Å². The van der Waals surface area contributed by atoms with Crippen molar-refractivity contribution in [2.45, 2.75) is 84.2 Å². The van der Waals surface area contributed by atoms with Gasteiger partial charge in [-0.15, -0.1) is 0 Å². The molecule has 0 spiro atoms. The van der Waals surface area contributed by atoms with Gasteiger partial charge in [0.25, 0.3) is 0 Å². The van der Waals surface area contributed by atoms with Crippen LogP contribution >= 0.6 is 0 Å². The number of ether oxygens (including phenoxy) is 1. The van der Waals surface area contributed by atoms with Crippen LogP contribution in [0.3, 0.4) is 0 Å². The summed E-state index contributed by atoms with van der Waals surface area (Å²) in [6.45, 7) is 6.83. The number of aliphatic hydroxyl groups excluding tert-OH is 1. The van der Waals surface area contributed by atoms with Gasteiger partial charge < -0.3 is 14.9 Å². The molecule has 22 heavy (non-hydrogen) atoms. The van der Waals surface area contributed by atoms with Crippen molar-refractivity contribution in [1.29, 1.82) is 0 Å². The third kappa shape index (κ3) is 5.79. The Kier molecular flexibility index (Phi) is 8.23. The van der Waals surface area contributed by atoms with Gasteiger partial charge in [-0.3, -0.25) is 0 Å². The molecule has 4 heteroatoms. The summed E-state index contributed by atoms with van der Waals surface area (Å²) >= 11 is 0. The highest BCUT2D eigenvalue weighted by Crippen LogP contribution is 2.46. The van der Waals surface area contributed by atoms with E-state index in [1.165, 1.54) is 6.42 Å². The summed E-state index contributed by atoms with van der Waals surface area (Å²) in [5.74, 6) is 1.31. The first-order chi connectivity index (χ1) is 10.4. The largest absolute Gasteiger partial charge is 0.506 e. The standard InChI is InChI=1S/C18H34O4/c1-14(2)16-10-9-15(3)13-18(16,22-17(20)21)11-7-5-4-6-8-12-19/h14-16,19H,4-13H2,1-3H3,(H,20,21). The van der Waals surface area contributed by atoms with Gasteiger partial charge in [0, 0.05) is 12.5 Å². The fraction of sp³-hybridized carbons (Fsp3) is 0.944. The predicted octanol–water partition coefficient (Wildman–Crippen LogP) is 4.84. The Morgan fingerprint density at radius 1 is 1.18 bits per heavy atom. The topological polar surface area (TPSA) is 66.8 Å². The molecule has 0 saturated heterocycles. The van der Waals surface area contributed by atoms with Gasteiger partial charge in [-0.1, -0.05) is 46.5 Å². The zero-order valence-electron chi connectivity index (χ0n) is 14.5. The Morgan fingerprint density at radius 2 is 1.82 bits per heavy atom. The molecule has 1 saturated carbocycles. The van der Waals surface area contributed by atoms with E-state index in [4.69, 9.17) is 9.84 Å². The van der Waals surface area contributed by atoms with Crippen LogP contribution in [0.1, 0.15) is 78.6 Å². The quantitative estimate of drug-likeness (QED) is 0.472. The van der Waals surface area contributed by atoms with Gasteiger partial charge in [-0.25, -0.2) is 4.79 Å². The van der Waals surface area contributed by atoms with E-state index in [0.29, 0.717) is 17.8 Å². The van der Waals surface area contributed by atoms with Gasteiger partial charge in [0.05, 0.1) is 0 Å². The maximum Gasteiger partial charge on any atom is 0.506 e. The van der Waals surface area contributed by atoms with Gasteiger partial charge in [-0.2, -0.15) is 0 Å². The lowest BCUT2D eigenvalue weighted by Crippen LogP contribution is -2.48. The Morgan fingerprint density at radius 3 is 2.41 bits per heavy atom. The molecular formula is C18H34O4. The molecule has 0 heterocycles. The fourth-order valence-corrected chi connectivity index (χ4v) is 4.21. The van der Waals surface area contributed by atoms with Crippen LogP contribution in [0, 0.1) is 17.8 Å². The molecule has 0 aliphatic heterocycles. The molecule has 0 aromatic rings. The lowest BCUT2D eigenvalue weighted by atomic mass is 9.65. The highest BCUT2D eigenvalue weighted by Gasteiger charge is 2.47. The second-order valence-corrected chi connectivity index (χ2v) is 7.41. The molecule has 1 aliphatic rings. The van der Waals surface area contributed by atoms with Crippen molar-refractivity contribution >= 4 is 6.16 Å². The highest BCUT2D eigenvalue weighted by atomic mass is 16.7. The van der Waals surface area contributed by atoms with Gasteiger partial charge in [-0.05, 0) is 43.9 Å². The maximum absolute atomic E-state index is 11.3. The average molecular weight is 314 g/mol. The number of hydrogen-bond acceptors (Lipinski definition) is 3. The Bertz CT molecular complexity index is 329. The summed E-state index contributed by atoms with van der Waals surface area (Å²) in [4.78, 5) is 11.3. The maximum atomic E-state index is 11.3. The molecule has 2 N–H and O–H groups in total. The molecule has 3 unspecified atom stereocenters. The lowest BCUT2D eigenvalue weighted by molar-refractivity contribution is -0.108. The summed E-state index contributed by atoms with van der Waals surface area (Å²) < 4.78 is 5.53. The molecule has 0 bridgehead atoms. The normalized spacial score (nSPS) is 28.8. The fourth-order valence-electron chi connectivity index (χ4n) is 4.21. The Hall–Kier alpha value is -0.770. The molecule has 4 nitrogen and oxygen atoms in total. The first-order valence-electron chi connectivity index (χ1n) is 8.94. The van der Waals surface area contributed by atoms with Crippen molar-refractivity contribution in [1.82, 2.24) is 0 Å². The number of rotatable bonds is 9. The van der Waals surface area contributed by atoms with Crippen LogP contribution in [-0.2, 0) is 4.74 Å². The monoisotopic (exact) mass is 314 g/mol. The molecule has 0 amide bonds. The molecule has 0 aromatic heterocycles. The van der Waals surface area contributed by atoms with Crippen molar-refractivity contribution < 1.29 is 19.7 Å². The van der Waals surface area contributed by atoms with Gasteiger partial charge in [0.1, 0.15) is 5.60 Å². The number of carboxylic acid groups (broad SMARTS) is 1. The zero-order valence-corrected chi connectivity index (χ0v) is 14.5. The van der Waals surface area contributed by atoms with Crippen LogP contribution in [-0.4, -0.2) is 28.6 Å². The summed E-state index contributed by atoms with van der Waals surface area (Å²) in [6, 6.07) is 0. The molecular weight excluding hydrogens is 280 g/mol. The van der Waals surface area contributed by atoms with Gasteiger partial charge >= 0.3 is 6.16 Å². The number of unbranched alkanes of at least 4 members (excludes halogenated alkanes) is 4. The Labute approximate surface area is 135 Å². The number of carbonyl (C=O) groups is 1. The van der Waals surface area contributed by atoms with E-state index in [0.717, 1.165) is 51.4 Å². The minimum Gasteiger partial charge on any atom is -0.450 e. The van der Waals surface area contributed by atoms with E-state index in [1.54, 1.807) is 0 Å². The minimum absolute atomic E-state index is 0.263. The van der Waals surface area contributed by atoms with Crippen LogP contribution < -0.4 is 0 Å². The predicted molar refractivity (Wildman–Crippen MR) is 88.0 cm³/mol. The molecule has 1 fully saturated rings. The SMILES string of the molecule is CC1CCC(C(C)C)C(CCCCCCCO)(OC(=O)O)C1. The van der Waals surface area contributed by atoms with E-state index in [2.05, 4.69) is 20.8 Å². The van der Waals surface area contributed by atoms with Crippen molar-refractivity contribution in [3.8, 4) is 0 Å². The molecule has 3 atom stereocenters. The van der Waals surface area contributed by atoms with Crippen LogP contribution in [0.4, 0.5) is 4.79 Å². The first kappa shape index (κ1) is 19.3. The summed E-state index contributed by atoms with van der Waals surface area (Å²) in [6.07, 6.45) is 7.92. The van der Waals surface area contributed by atoms with E-state index in [-0.39, 0.29) is 6.61 Å². The summed E-state index contributed by atoms with van der Waals surface area (Å²) in [5, 5.41) is 18.0. The molecule has 0 radical (unpaired) electrons. The van der Waals surface area contributed by atoms with Crippen molar-refractivity contribution in [2.75, 3.05) is 6.61 Å². The van der Waals surface area contributed by atoms with Crippen molar-refractivity contribution in [3.63, 3.8) is 0 Å². The van der Waals surface area contributed by atoms with Crippen molar-refractivity contribution in [2.24, 2.45) is 17.8 Å². The zero-order chi connectivity index (χ0) is 16.6. The van der Waals surface area contributed by atoms with E-state index in [1.807, 2.05) is 0 Å². The molecule has 1 aliphatic carbocycles. The molecule has 0 aromatic carbocycles. The van der Waals surface area contributed by atoms with E-state index in [9.17, 15) is 9.90 Å². The third-order valence-electron chi connectivity index (χ3n) is 5.19. The highest BCUT2D eigenvalue weighted by molar-refractivity contribution is 5.57. The number of hydrogen-bond donors (Lipinski definition) is 2. The lowest BCUT2D eigenvalue weighted by Gasteiger charge is -2.47. The second kappa shape index (κ2) is 9.39. The minimum atomic E-state index is -1.12. The smallest absolute Gasteiger partial charge is 0.450 e. The third-order valence-corrected chi connectivity index (χ3v) is 5.19. The summed E-state index contributed by atoms with van der Waals surface area (Å²) in [7, 11) is 0. The summed E-state index contributed by atoms with van der Waals surface area (Å²) in [5.41, 5.74) is -0.491. The van der Waals surface area contributed by atoms with E-state index < -0.39 is 11.8 Å². The first-order valence-corrected chi connectivity index (χ1v) is 8.94. The Balaban J connectivity index is 2.67. The van der Waals surface area contributed by atoms with Crippen LogP contribution in [0.2, 0.25) is 0 Å². The number of aliphatic hydroxyl groups is 1. The van der Waals surface area contributed by atoms with Crippen molar-refractivity contribution in [3.05, 3.63) is 0 Å². The average Bonchev–Trinajstić information content (AvgIpc) is 2.41. The second-order valence-electron chi connectivity index (χ2n) is 7.41. The van der Waals surface area contributed by atoms with Crippen LogP contribution in [0.25, 0.3) is 0 Å². The molecule has 130 valence electrons. The molecule has 1 rings (SSSR count). The van der Waals surface area contributed by atoms with E-state index >= 15 is 0 Å². The van der Waals surface area contributed by atoms with Gasteiger partial charge in [0.2, 0.25) is 0 Å². The van der Waals surface area contributed by atoms with Crippen LogP contribution in [0.15, 0.2) is 0 Å². The van der Waals surface area contributed by atoms with Gasteiger partial charge in [0.15, 0.2) is 0 Å².